The van der Waals surface area contributed by atoms with Crippen LogP contribution in [-0.2, 0) is 17.0 Å². The maximum absolute atomic E-state index is 11.4. The number of methoxy groups -OCH3 is 1. The van der Waals surface area contributed by atoms with Crippen molar-refractivity contribution in [1.82, 2.24) is 14.8 Å². The molecule has 0 aliphatic heterocycles. The molecule has 2 heterocycles. The predicted octanol–water partition coefficient (Wildman–Crippen LogP) is 3.00. The van der Waals surface area contributed by atoms with Gasteiger partial charge in [0.25, 0.3) is 0 Å². The van der Waals surface area contributed by atoms with Crippen LogP contribution in [0.5, 0.6) is 0 Å². The van der Waals surface area contributed by atoms with E-state index in [1.165, 1.54) is 7.11 Å². The van der Waals surface area contributed by atoms with Crippen LogP contribution in [0.1, 0.15) is 21.7 Å². The molecule has 0 saturated heterocycles. The molecule has 6 nitrogen and oxygen atoms in total. The van der Waals surface area contributed by atoms with Crippen molar-refractivity contribution in [2.24, 2.45) is 0 Å². The lowest BCUT2D eigenvalue weighted by Gasteiger charge is -2.05. The summed E-state index contributed by atoms with van der Waals surface area (Å²) in [4.78, 5) is 11.4. The van der Waals surface area contributed by atoms with Crippen LogP contribution in [0, 0.1) is 0 Å². The smallest absolute Gasteiger partial charge is 0.337 e. The zero-order valence-corrected chi connectivity index (χ0v) is 13.3. The Balaban J connectivity index is 1.62. The quantitative estimate of drug-likeness (QED) is 0.511. The first kappa shape index (κ1) is 15.4. The molecular weight excluding hydrogens is 314 g/mol. The Labute approximate surface area is 137 Å². The summed E-state index contributed by atoms with van der Waals surface area (Å²) in [6.07, 6.45) is 3.33. The van der Waals surface area contributed by atoms with Crippen LogP contribution in [0.3, 0.4) is 0 Å². The number of benzene rings is 1. The minimum absolute atomic E-state index is 0.331. The Kier molecular flexibility index (Phi) is 4.77. The number of furan rings is 1. The molecule has 0 aliphatic rings. The molecule has 0 saturated carbocycles. The van der Waals surface area contributed by atoms with E-state index in [1.54, 1.807) is 36.5 Å². The number of carbonyl (C=O) groups is 1. The maximum atomic E-state index is 11.4. The van der Waals surface area contributed by atoms with E-state index in [9.17, 15) is 4.79 Å². The summed E-state index contributed by atoms with van der Waals surface area (Å²) in [5, 5.41) is 8.90. The van der Waals surface area contributed by atoms with E-state index in [2.05, 4.69) is 14.9 Å². The third kappa shape index (κ3) is 3.81. The predicted molar refractivity (Wildman–Crippen MR) is 85.2 cm³/mol. The van der Waals surface area contributed by atoms with Crippen LogP contribution in [0.15, 0.2) is 58.6 Å². The van der Waals surface area contributed by atoms with Crippen LogP contribution in [0.4, 0.5) is 0 Å². The topological polar surface area (TPSA) is 70.2 Å². The van der Waals surface area contributed by atoms with Gasteiger partial charge in [-0.15, -0.1) is 10.2 Å². The fourth-order valence-electron chi connectivity index (χ4n) is 2.04. The first-order valence-corrected chi connectivity index (χ1v) is 7.95. The van der Waals surface area contributed by atoms with Crippen molar-refractivity contribution in [3.8, 4) is 0 Å². The molecule has 3 rings (SSSR count). The minimum atomic E-state index is -0.331. The summed E-state index contributed by atoms with van der Waals surface area (Å²) in [7, 11) is 1.37. The molecule has 7 heteroatoms. The summed E-state index contributed by atoms with van der Waals surface area (Å²) >= 11 is 1.58. The Hall–Kier alpha value is -2.54. The maximum Gasteiger partial charge on any atom is 0.337 e. The Morgan fingerprint density at radius 2 is 2.13 bits per heavy atom. The highest BCUT2D eigenvalue weighted by Gasteiger charge is 2.09. The van der Waals surface area contributed by atoms with Gasteiger partial charge in [-0.05, 0) is 29.8 Å². The lowest BCUT2D eigenvalue weighted by atomic mass is 10.1. The highest BCUT2D eigenvalue weighted by molar-refractivity contribution is 7.98. The van der Waals surface area contributed by atoms with Gasteiger partial charge >= 0.3 is 5.97 Å². The van der Waals surface area contributed by atoms with Crippen molar-refractivity contribution in [3.63, 3.8) is 0 Å². The van der Waals surface area contributed by atoms with Crippen molar-refractivity contribution in [1.29, 1.82) is 0 Å². The fraction of sp³-hybridized carbons (Fsp3) is 0.188. The SMILES string of the molecule is COC(=O)c1ccc(CSc2nncn2Cc2ccco2)cc1. The van der Waals surface area contributed by atoms with Gasteiger partial charge in [-0.3, -0.25) is 0 Å². The van der Waals surface area contributed by atoms with Crippen molar-refractivity contribution in [2.75, 3.05) is 7.11 Å². The van der Waals surface area contributed by atoms with Gasteiger partial charge in [-0.2, -0.15) is 0 Å². The van der Waals surface area contributed by atoms with Crippen LogP contribution in [-0.4, -0.2) is 27.8 Å². The van der Waals surface area contributed by atoms with Crippen molar-refractivity contribution < 1.29 is 13.9 Å². The van der Waals surface area contributed by atoms with Crippen molar-refractivity contribution in [2.45, 2.75) is 17.5 Å². The highest BCUT2D eigenvalue weighted by atomic mass is 32.2. The largest absolute Gasteiger partial charge is 0.467 e. The number of ether oxygens (including phenoxy) is 1. The normalized spacial score (nSPS) is 10.7. The second-order valence-corrected chi connectivity index (χ2v) is 5.74. The highest BCUT2D eigenvalue weighted by Crippen LogP contribution is 2.21. The zero-order valence-electron chi connectivity index (χ0n) is 12.5. The number of hydrogen-bond acceptors (Lipinski definition) is 6. The third-order valence-corrected chi connectivity index (χ3v) is 4.28. The lowest BCUT2D eigenvalue weighted by molar-refractivity contribution is 0.0600. The number of aromatic nitrogens is 3. The van der Waals surface area contributed by atoms with E-state index in [0.717, 1.165) is 22.2 Å². The molecule has 0 bridgehead atoms. The molecule has 0 fully saturated rings. The Morgan fingerprint density at radius 1 is 1.30 bits per heavy atom. The summed E-state index contributed by atoms with van der Waals surface area (Å²) in [5.74, 6) is 1.26. The fourth-order valence-corrected chi connectivity index (χ4v) is 2.91. The van der Waals surface area contributed by atoms with E-state index in [0.29, 0.717) is 12.1 Å². The lowest BCUT2D eigenvalue weighted by Crippen LogP contribution is -2.01. The van der Waals surface area contributed by atoms with Gasteiger partial charge in [0.2, 0.25) is 0 Å². The minimum Gasteiger partial charge on any atom is -0.467 e. The Morgan fingerprint density at radius 3 is 2.83 bits per heavy atom. The van der Waals surface area contributed by atoms with Crippen LogP contribution in [0.2, 0.25) is 0 Å². The molecule has 0 radical (unpaired) electrons. The van der Waals surface area contributed by atoms with E-state index in [4.69, 9.17) is 4.42 Å². The molecule has 118 valence electrons. The average Bonchev–Trinajstić information content (AvgIpc) is 3.25. The first-order valence-electron chi connectivity index (χ1n) is 6.96. The number of hydrogen-bond donors (Lipinski definition) is 0. The first-order chi connectivity index (χ1) is 11.3. The molecule has 0 unspecified atom stereocenters. The standard InChI is InChI=1S/C16H15N3O3S/c1-21-15(20)13-6-4-12(5-7-13)10-23-16-18-17-11-19(16)9-14-3-2-8-22-14/h2-8,11H,9-10H2,1H3. The van der Waals surface area contributed by atoms with E-state index in [-0.39, 0.29) is 5.97 Å². The van der Waals surface area contributed by atoms with Crippen LogP contribution >= 0.6 is 11.8 Å². The molecule has 23 heavy (non-hydrogen) atoms. The second-order valence-electron chi connectivity index (χ2n) is 4.80. The van der Waals surface area contributed by atoms with Gasteiger partial charge in [0.05, 0.1) is 25.5 Å². The molecule has 3 aromatic rings. The number of thioether (sulfide) groups is 1. The summed E-state index contributed by atoms with van der Waals surface area (Å²) in [6, 6.07) is 11.1. The molecule has 0 spiro atoms. The summed E-state index contributed by atoms with van der Waals surface area (Å²) < 4.78 is 12.0. The molecule has 0 amide bonds. The Bertz CT molecular complexity index is 766. The van der Waals surface area contributed by atoms with Gasteiger partial charge in [0.1, 0.15) is 12.1 Å². The van der Waals surface area contributed by atoms with Crippen LogP contribution < -0.4 is 0 Å². The third-order valence-electron chi connectivity index (χ3n) is 3.23. The molecule has 1 aromatic carbocycles. The van der Waals surface area contributed by atoms with Gasteiger partial charge in [0, 0.05) is 5.75 Å². The number of esters is 1. The molecule has 0 N–H and O–H groups in total. The number of rotatable bonds is 6. The summed E-state index contributed by atoms with van der Waals surface area (Å²) in [5.41, 5.74) is 1.64. The molecule has 0 atom stereocenters. The molecule has 2 aromatic heterocycles. The van der Waals surface area contributed by atoms with Crippen molar-refractivity contribution >= 4 is 17.7 Å². The molecular formula is C16H15N3O3S. The van der Waals surface area contributed by atoms with E-state index >= 15 is 0 Å². The zero-order chi connectivity index (χ0) is 16.1. The number of carbonyl (C=O) groups excluding carboxylic acids is 1. The van der Waals surface area contributed by atoms with Gasteiger partial charge < -0.3 is 13.7 Å². The molecule has 0 aliphatic carbocycles. The second kappa shape index (κ2) is 7.15. The van der Waals surface area contributed by atoms with Crippen LogP contribution in [0.25, 0.3) is 0 Å². The monoisotopic (exact) mass is 329 g/mol. The number of nitrogens with zero attached hydrogens (tertiary/aromatic N) is 3. The van der Waals surface area contributed by atoms with Gasteiger partial charge in [-0.25, -0.2) is 4.79 Å². The van der Waals surface area contributed by atoms with Crippen molar-refractivity contribution in [3.05, 3.63) is 65.9 Å². The van der Waals surface area contributed by atoms with Gasteiger partial charge in [0.15, 0.2) is 5.16 Å². The van der Waals surface area contributed by atoms with E-state index in [1.807, 2.05) is 28.8 Å². The summed E-state index contributed by atoms with van der Waals surface area (Å²) in [6.45, 7) is 0.601. The van der Waals surface area contributed by atoms with E-state index < -0.39 is 0 Å². The van der Waals surface area contributed by atoms with Gasteiger partial charge in [-0.1, -0.05) is 23.9 Å². The average molecular weight is 329 g/mol.